The van der Waals surface area contributed by atoms with E-state index in [1.807, 2.05) is 39.0 Å². The highest BCUT2D eigenvalue weighted by molar-refractivity contribution is 5.37. The minimum absolute atomic E-state index is 0.233. The maximum atomic E-state index is 12.2. The smallest absolute Gasteiger partial charge is 0.293 e. The van der Waals surface area contributed by atoms with Gasteiger partial charge in [0.15, 0.2) is 6.30 Å². The molecule has 2 heterocycles. The molecule has 120 valence electrons. The van der Waals surface area contributed by atoms with Crippen molar-refractivity contribution in [2.75, 3.05) is 19.6 Å². The van der Waals surface area contributed by atoms with E-state index in [4.69, 9.17) is 5.21 Å². The van der Waals surface area contributed by atoms with E-state index in [1.54, 1.807) is 12.4 Å². The Labute approximate surface area is 124 Å². The Morgan fingerprint density at radius 3 is 2.19 bits per heavy atom. The molecule has 2 rings (SSSR count). The number of nitrogens with zero attached hydrogens (tertiary/aromatic N) is 2. The molecular formula is C14H24FN3O3. The van der Waals surface area contributed by atoms with Crippen molar-refractivity contribution in [1.82, 2.24) is 15.4 Å². The van der Waals surface area contributed by atoms with Crippen LogP contribution in [0, 0.1) is 0 Å². The molecule has 1 aliphatic heterocycles. The van der Waals surface area contributed by atoms with Crippen LogP contribution in [0.2, 0.25) is 0 Å². The lowest BCUT2D eigenvalue weighted by Crippen LogP contribution is -2.47. The van der Waals surface area contributed by atoms with Gasteiger partial charge in [-0.25, -0.2) is 4.39 Å². The fourth-order valence-corrected chi connectivity index (χ4v) is 1.12. The van der Waals surface area contributed by atoms with E-state index in [1.165, 1.54) is 0 Å². The third kappa shape index (κ3) is 13.2. The summed E-state index contributed by atoms with van der Waals surface area (Å²) in [7, 11) is 0. The van der Waals surface area contributed by atoms with E-state index < -0.39 is 6.30 Å². The van der Waals surface area contributed by atoms with Gasteiger partial charge in [0.2, 0.25) is 0 Å². The highest BCUT2D eigenvalue weighted by atomic mass is 19.1. The van der Waals surface area contributed by atoms with Crippen molar-refractivity contribution in [3.63, 3.8) is 0 Å². The number of rotatable bonds is 1. The Morgan fingerprint density at radius 1 is 1.38 bits per heavy atom. The molecule has 0 aromatic carbocycles. The Morgan fingerprint density at radius 2 is 2.00 bits per heavy atom. The van der Waals surface area contributed by atoms with Crippen LogP contribution < -0.4 is 5.32 Å². The molecular weight excluding hydrogens is 277 g/mol. The van der Waals surface area contributed by atoms with Gasteiger partial charge in [-0.3, -0.25) is 9.78 Å². The summed E-state index contributed by atoms with van der Waals surface area (Å²) in [5.74, 6) is 0. The minimum Gasteiger partial charge on any atom is -0.462 e. The van der Waals surface area contributed by atoms with Crippen LogP contribution in [0.5, 0.6) is 0 Å². The van der Waals surface area contributed by atoms with Gasteiger partial charge in [0.05, 0.1) is 0 Å². The minimum atomic E-state index is -1.22. The molecule has 1 aromatic rings. The van der Waals surface area contributed by atoms with Crippen molar-refractivity contribution < 1.29 is 19.1 Å². The zero-order valence-corrected chi connectivity index (χ0v) is 12.7. The van der Waals surface area contributed by atoms with Crippen molar-refractivity contribution in [3.8, 4) is 0 Å². The van der Waals surface area contributed by atoms with Crippen LogP contribution in [0.1, 0.15) is 20.8 Å². The molecule has 0 aliphatic carbocycles. The first-order valence-electron chi connectivity index (χ1n) is 6.63. The van der Waals surface area contributed by atoms with Crippen LogP contribution in [-0.4, -0.2) is 53.3 Å². The van der Waals surface area contributed by atoms with Crippen LogP contribution in [0.4, 0.5) is 4.39 Å². The number of hydroxylamine groups is 2. The molecule has 1 atom stereocenters. The first-order valence-corrected chi connectivity index (χ1v) is 6.63. The van der Waals surface area contributed by atoms with Gasteiger partial charge >= 0.3 is 0 Å². The number of pyridine rings is 1. The highest BCUT2D eigenvalue weighted by Crippen LogP contribution is 2.02. The molecule has 1 unspecified atom stereocenters. The van der Waals surface area contributed by atoms with Gasteiger partial charge in [-0.2, -0.15) is 5.06 Å². The summed E-state index contributed by atoms with van der Waals surface area (Å²) in [6.45, 7) is 7.19. The van der Waals surface area contributed by atoms with Crippen molar-refractivity contribution in [2.24, 2.45) is 0 Å². The summed E-state index contributed by atoms with van der Waals surface area (Å²) in [5, 5.41) is 12.1. The van der Waals surface area contributed by atoms with Crippen molar-refractivity contribution in [1.29, 1.82) is 0 Å². The maximum Gasteiger partial charge on any atom is 0.293 e. The van der Waals surface area contributed by atoms with Crippen molar-refractivity contribution in [3.05, 3.63) is 30.6 Å². The summed E-state index contributed by atoms with van der Waals surface area (Å²) >= 11 is 0. The van der Waals surface area contributed by atoms with Gasteiger partial charge in [0.1, 0.15) is 5.60 Å². The highest BCUT2D eigenvalue weighted by Gasteiger charge is 2.17. The SMILES string of the molecule is CC(C)(C)OC=O.ON1CCNCC1F.c1ccncc1. The molecule has 2 N–H and O–H groups in total. The number of carbonyl (C=O) groups is 1. The van der Waals surface area contributed by atoms with Crippen molar-refractivity contribution in [2.45, 2.75) is 32.7 Å². The van der Waals surface area contributed by atoms with Crippen LogP contribution >= 0.6 is 0 Å². The second kappa shape index (κ2) is 11.1. The Bertz CT molecular complexity index is 324. The van der Waals surface area contributed by atoms with E-state index in [0.717, 1.165) is 0 Å². The number of nitrogens with one attached hydrogen (secondary N) is 1. The van der Waals surface area contributed by atoms with Crippen LogP contribution in [0.3, 0.4) is 0 Å². The second-order valence-electron chi connectivity index (χ2n) is 5.15. The van der Waals surface area contributed by atoms with E-state index in [-0.39, 0.29) is 12.1 Å². The largest absolute Gasteiger partial charge is 0.462 e. The van der Waals surface area contributed by atoms with Crippen LogP contribution in [-0.2, 0) is 9.53 Å². The molecule has 1 saturated heterocycles. The number of aromatic nitrogens is 1. The number of hydrogen-bond donors (Lipinski definition) is 2. The molecule has 7 heteroatoms. The molecule has 1 fully saturated rings. The van der Waals surface area contributed by atoms with E-state index in [9.17, 15) is 9.18 Å². The zero-order chi connectivity index (χ0) is 16.1. The number of halogens is 1. The number of hydrogen-bond acceptors (Lipinski definition) is 6. The van der Waals surface area contributed by atoms with E-state index >= 15 is 0 Å². The Hall–Kier alpha value is -1.57. The molecule has 0 bridgehead atoms. The summed E-state index contributed by atoms with van der Waals surface area (Å²) in [6.07, 6.45) is 2.28. The first kappa shape index (κ1) is 19.4. The number of ether oxygens (including phenoxy) is 1. The predicted molar refractivity (Wildman–Crippen MR) is 77.4 cm³/mol. The number of piperazine rings is 1. The van der Waals surface area contributed by atoms with Gasteiger partial charge in [-0.1, -0.05) is 6.07 Å². The normalized spacial score (nSPS) is 18.4. The lowest BCUT2D eigenvalue weighted by atomic mass is 10.2. The summed E-state index contributed by atoms with van der Waals surface area (Å²) < 4.78 is 16.7. The Kier molecular flexibility index (Phi) is 10.3. The quantitative estimate of drug-likeness (QED) is 0.606. The molecule has 0 spiro atoms. The van der Waals surface area contributed by atoms with Gasteiger partial charge < -0.3 is 15.3 Å². The number of carbonyl (C=O) groups excluding carboxylic acids is 1. The summed E-state index contributed by atoms with van der Waals surface area (Å²) in [4.78, 5) is 13.4. The molecule has 21 heavy (non-hydrogen) atoms. The molecule has 0 amide bonds. The fraction of sp³-hybridized carbons (Fsp3) is 0.571. The topological polar surface area (TPSA) is 74.7 Å². The zero-order valence-electron chi connectivity index (χ0n) is 12.7. The summed E-state index contributed by atoms with van der Waals surface area (Å²) in [6, 6.07) is 5.72. The lowest BCUT2D eigenvalue weighted by Gasteiger charge is -2.24. The standard InChI is InChI=1S/C5H5N.C5H10O2.C4H9FN2O/c1-2-4-6-5-3-1;1-5(2,3)7-4-6;5-4-3-6-1-2-7(4)8/h1-5H;4H,1-3H3;4,6,8H,1-3H2. The van der Waals surface area contributed by atoms with Gasteiger partial charge in [-0.05, 0) is 32.9 Å². The van der Waals surface area contributed by atoms with Crippen LogP contribution in [0.15, 0.2) is 30.6 Å². The molecule has 1 aromatic heterocycles. The predicted octanol–water partition coefficient (Wildman–Crippen LogP) is 1.62. The average molecular weight is 301 g/mol. The molecule has 0 saturated carbocycles. The third-order valence-electron chi connectivity index (χ3n) is 2.12. The van der Waals surface area contributed by atoms with E-state index in [2.05, 4.69) is 15.0 Å². The second-order valence-corrected chi connectivity index (χ2v) is 5.15. The fourth-order valence-electron chi connectivity index (χ4n) is 1.12. The van der Waals surface area contributed by atoms with Gasteiger partial charge in [-0.15, -0.1) is 0 Å². The molecule has 0 radical (unpaired) electrons. The van der Waals surface area contributed by atoms with Crippen LogP contribution in [0.25, 0.3) is 0 Å². The third-order valence-corrected chi connectivity index (χ3v) is 2.12. The average Bonchev–Trinajstić information content (AvgIpc) is 2.44. The van der Waals surface area contributed by atoms with Gasteiger partial charge in [0, 0.05) is 32.0 Å². The monoisotopic (exact) mass is 301 g/mol. The van der Waals surface area contributed by atoms with E-state index in [0.29, 0.717) is 24.6 Å². The van der Waals surface area contributed by atoms with Crippen molar-refractivity contribution >= 4 is 6.47 Å². The first-order chi connectivity index (χ1) is 9.87. The number of alkyl halides is 1. The maximum absolute atomic E-state index is 12.2. The lowest BCUT2D eigenvalue weighted by molar-refractivity contribution is -0.175. The van der Waals surface area contributed by atoms with Gasteiger partial charge in [0.25, 0.3) is 6.47 Å². The molecule has 6 nitrogen and oxygen atoms in total. The Balaban J connectivity index is 0.000000289. The summed E-state index contributed by atoms with van der Waals surface area (Å²) in [5.41, 5.74) is -0.318. The molecule has 1 aliphatic rings.